The predicted octanol–water partition coefficient (Wildman–Crippen LogP) is 5.13. The molecule has 0 bridgehead atoms. The molecule has 3 N–H and O–H groups in total. The predicted molar refractivity (Wildman–Crippen MR) is 158 cm³/mol. The molecule has 1 aliphatic heterocycles. The van der Waals surface area contributed by atoms with Gasteiger partial charge in [-0.25, -0.2) is 17.9 Å². The Hall–Kier alpha value is -4.25. The van der Waals surface area contributed by atoms with Gasteiger partial charge in [0.1, 0.15) is 5.82 Å². The highest BCUT2D eigenvalue weighted by Crippen LogP contribution is 2.42. The monoisotopic (exact) mass is 587 g/mol. The average Bonchev–Trinajstić information content (AvgIpc) is 2.96. The van der Waals surface area contributed by atoms with E-state index in [9.17, 15) is 22.4 Å². The lowest BCUT2D eigenvalue weighted by atomic mass is 10.1. The van der Waals surface area contributed by atoms with E-state index in [0.29, 0.717) is 29.0 Å². The normalized spacial score (nSPS) is 14.1. The van der Waals surface area contributed by atoms with Gasteiger partial charge in [-0.05, 0) is 66.1 Å². The number of carbonyl (C=O) groups excluding carboxylic acids is 2. The lowest BCUT2D eigenvalue weighted by Gasteiger charge is -2.30. The quantitative estimate of drug-likeness (QED) is 0.278. The highest BCUT2D eigenvalue weighted by Gasteiger charge is 2.29. The third kappa shape index (κ3) is 6.74. The summed E-state index contributed by atoms with van der Waals surface area (Å²) in [4.78, 5) is 29.1. The maximum atomic E-state index is 14.4. The van der Waals surface area contributed by atoms with Crippen LogP contribution in [0.25, 0.3) is 6.08 Å². The number of halogens is 1. The van der Waals surface area contributed by atoms with Crippen molar-refractivity contribution in [3.63, 3.8) is 0 Å². The fourth-order valence-corrected chi connectivity index (χ4v) is 5.94. The molecule has 0 atom stereocenters. The lowest BCUT2D eigenvalue weighted by Crippen LogP contribution is -2.34. The minimum absolute atomic E-state index is 0.0377. The van der Waals surface area contributed by atoms with Crippen molar-refractivity contribution in [3.8, 4) is 0 Å². The van der Waals surface area contributed by atoms with Gasteiger partial charge in [-0.3, -0.25) is 9.59 Å². The number of hydrogen-bond donors (Lipinski definition) is 2. The highest BCUT2D eigenvalue weighted by molar-refractivity contribution is 8.04. The minimum Gasteiger partial charge on any atom is -0.352 e. The number of hydrogen-bond acceptors (Lipinski definition) is 5. The molecule has 41 heavy (non-hydrogen) atoms. The number of anilines is 1. The second-order valence-corrected chi connectivity index (χ2v) is 12.0. The van der Waals surface area contributed by atoms with Crippen LogP contribution in [0.1, 0.15) is 27.0 Å². The second-order valence-electron chi connectivity index (χ2n) is 9.38. The largest absolute Gasteiger partial charge is 0.352 e. The zero-order valence-electron chi connectivity index (χ0n) is 21.8. The van der Waals surface area contributed by atoms with E-state index >= 15 is 0 Å². The molecule has 0 aromatic heterocycles. The van der Waals surface area contributed by atoms with Gasteiger partial charge in [-0.1, -0.05) is 66.4 Å². The Morgan fingerprint density at radius 3 is 2.32 bits per heavy atom. The molecule has 0 saturated heterocycles. The molecule has 0 fully saturated rings. The smallest absolute Gasteiger partial charge is 0.265 e. The molecule has 0 radical (unpaired) electrons. The average molecular weight is 588 g/mol. The van der Waals surface area contributed by atoms with Crippen molar-refractivity contribution in [2.75, 3.05) is 11.4 Å². The first-order valence-corrected chi connectivity index (χ1v) is 15.1. The number of primary sulfonamides is 1. The Bertz CT molecular complexity index is 1740. The molecule has 208 valence electrons. The second kappa shape index (κ2) is 12.1. The van der Waals surface area contributed by atoms with Gasteiger partial charge in [0.2, 0.25) is 10.0 Å². The van der Waals surface area contributed by atoms with E-state index in [1.807, 2.05) is 24.3 Å². The van der Waals surface area contributed by atoms with E-state index in [0.717, 1.165) is 21.7 Å². The van der Waals surface area contributed by atoms with Gasteiger partial charge in [0.25, 0.3) is 11.8 Å². The van der Waals surface area contributed by atoms with Crippen LogP contribution in [0.15, 0.2) is 112 Å². The summed E-state index contributed by atoms with van der Waals surface area (Å²) in [6.07, 6.45) is 2.29. The molecule has 0 aliphatic carbocycles. The van der Waals surface area contributed by atoms with E-state index in [4.69, 9.17) is 5.14 Å². The van der Waals surface area contributed by atoms with E-state index in [2.05, 4.69) is 5.32 Å². The maximum absolute atomic E-state index is 14.4. The first-order valence-electron chi connectivity index (χ1n) is 12.7. The van der Waals surface area contributed by atoms with Gasteiger partial charge < -0.3 is 10.2 Å². The summed E-state index contributed by atoms with van der Waals surface area (Å²) in [5.74, 6) is -0.843. The number of para-hydroxylation sites is 1. The molecule has 4 aromatic rings. The molecule has 1 heterocycles. The molecule has 1 aliphatic rings. The number of nitrogens with zero attached hydrogens (tertiary/aromatic N) is 1. The van der Waals surface area contributed by atoms with Crippen LogP contribution in [0.5, 0.6) is 0 Å². The van der Waals surface area contributed by atoms with Crippen LogP contribution in [0.4, 0.5) is 10.1 Å². The molecule has 0 saturated carbocycles. The number of fused-ring (bicyclic) bond motifs is 1. The number of sulfonamides is 1. The number of benzene rings is 4. The first kappa shape index (κ1) is 28.3. The first-order chi connectivity index (χ1) is 19.7. The summed E-state index contributed by atoms with van der Waals surface area (Å²) < 4.78 is 37.2. The van der Waals surface area contributed by atoms with Crippen molar-refractivity contribution in [2.45, 2.75) is 22.8 Å². The lowest BCUT2D eigenvalue weighted by molar-refractivity contribution is -0.114. The number of thioether (sulfide) groups is 1. The van der Waals surface area contributed by atoms with Gasteiger partial charge in [0.05, 0.1) is 22.0 Å². The van der Waals surface area contributed by atoms with Crippen LogP contribution in [-0.4, -0.2) is 26.8 Å². The molecule has 0 spiro atoms. The number of carbonyl (C=O) groups is 2. The van der Waals surface area contributed by atoms with Gasteiger partial charge in [0.15, 0.2) is 0 Å². The molecular formula is C31H26FN3O4S2. The van der Waals surface area contributed by atoms with Crippen LogP contribution in [0.2, 0.25) is 0 Å². The summed E-state index contributed by atoms with van der Waals surface area (Å²) >= 11 is 1.36. The van der Waals surface area contributed by atoms with Gasteiger partial charge in [-0.15, -0.1) is 0 Å². The van der Waals surface area contributed by atoms with Crippen molar-refractivity contribution in [1.29, 1.82) is 0 Å². The number of nitrogens with one attached hydrogen (secondary N) is 1. The molecular weight excluding hydrogens is 561 g/mol. The van der Waals surface area contributed by atoms with Crippen molar-refractivity contribution >= 4 is 45.4 Å². The van der Waals surface area contributed by atoms with Gasteiger partial charge in [-0.2, -0.15) is 0 Å². The van der Waals surface area contributed by atoms with E-state index < -0.39 is 10.0 Å². The van der Waals surface area contributed by atoms with Gasteiger partial charge >= 0.3 is 0 Å². The Kier molecular flexibility index (Phi) is 8.34. The van der Waals surface area contributed by atoms with Crippen molar-refractivity contribution in [1.82, 2.24) is 5.32 Å². The molecule has 10 heteroatoms. The zero-order valence-corrected chi connectivity index (χ0v) is 23.4. The summed E-state index contributed by atoms with van der Waals surface area (Å²) in [6.45, 7) is 0.470. The third-order valence-corrected chi connectivity index (χ3v) is 8.55. The topological polar surface area (TPSA) is 110 Å². The number of rotatable bonds is 8. The molecule has 2 amide bonds. The Morgan fingerprint density at radius 2 is 1.61 bits per heavy atom. The summed E-state index contributed by atoms with van der Waals surface area (Å²) in [5, 5.41) is 7.97. The van der Waals surface area contributed by atoms with Crippen molar-refractivity contribution in [2.24, 2.45) is 5.14 Å². The summed E-state index contributed by atoms with van der Waals surface area (Å²) in [6, 6.07) is 27.0. The van der Waals surface area contributed by atoms with Crippen LogP contribution in [0, 0.1) is 5.82 Å². The third-order valence-electron chi connectivity index (χ3n) is 6.54. The Labute approximate surface area is 241 Å². The molecule has 7 nitrogen and oxygen atoms in total. The summed E-state index contributed by atoms with van der Waals surface area (Å²) in [5.41, 5.74) is 3.23. The fraction of sp³-hybridized carbons (Fsp3) is 0.0968. The van der Waals surface area contributed by atoms with Crippen LogP contribution in [0.3, 0.4) is 0 Å². The summed E-state index contributed by atoms with van der Waals surface area (Å²) in [7, 11) is -3.75. The maximum Gasteiger partial charge on any atom is 0.265 e. The number of amides is 2. The standard InChI is InChI=1S/C31H26FN3O4S2/c32-26-6-2-1-5-24(26)20-35-27-7-3-4-8-28(27)40-29(31(35)37)19-22-9-13-23(14-10-22)30(36)34-18-17-21-11-15-25(16-12-21)41(33,38)39/h1-16,19H,17-18,20H2,(H,34,36)(H2,33,38,39). The van der Waals surface area contributed by atoms with Crippen molar-refractivity contribution < 1.29 is 22.4 Å². The highest BCUT2D eigenvalue weighted by atomic mass is 32.2. The van der Waals surface area contributed by atoms with E-state index in [1.165, 1.54) is 30.0 Å². The van der Waals surface area contributed by atoms with E-state index in [1.54, 1.807) is 65.6 Å². The van der Waals surface area contributed by atoms with Crippen molar-refractivity contribution in [3.05, 3.63) is 130 Å². The molecule has 0 unspecified atom stereocenters. The van der Waals surface area contributed by atoms with Crippen LogP contribution < -0.4 is 15.4 Å². The Balaban J connectivity index is 1.25. The molecule has 4 aromatic carbocycles. The van der Waals surface area contributed by atoms with E-state index in [-0.39, 0.29) is 29.1 Å². The van der Waals surface area contributed by atoms with Crippen LogP contribution >= 0.6 is 11.8 Å². The SMILES string of the molecule is NS(=O)(=O)c1ccc(CCNC(=O)c2ccc(C=C3Sc4ccccc4N(Cc4ccccc4F)C3=O)cc2)cc1. The molecule has 5 rings (SSSR count). The zero-order chi connectivity index (χ0) is 29.0. The Morgan fingerprint density at radius 1 is 0.927 bits per heavy atom. The van der Waals surface area contributed by atoms with Gasteiger partial charge in [0, 0.05) is 22.6 Å². The fourth-order valence-electron chi connectivity index (χ4n) is 4.37. The minimum atomic E-state index is -3.75. The van der Waals surface area contributed by atoms with Crippen LogP contribution in [-0.2, 0) is 27.8 Å². The number of nitrogens with two attached hydrogens (primary N) is 1.